The molecular formula is C22H19BrN2OS2. The topological polar surface area (TPSA) is 35.0 Å². The maximum atomic E-state index is 5.73. The van der Waals surface area contributed by atoms with Gasteiger partial charge in [-0.05, 0) is 42.8 Å². The zero-order valence-electron chi connectivity index (χ0n) is 15.4. The summed E-state index contributed by atoms with van der Waals surface area (Å²) >= 11 is 6.73. The zero-order valence-corrected chi connectivity index (χ0v) is 18.6. The molecule has 0 unspecified atom stereocenters. The fourth-order valence-electron chi connectivity index (χ4n) is 2.69. The van der Waals surface area contributed by atoms with Crippen LogP contribution in [-0.4, -0.2) is 16.6 Å². The molecule has 0 saturated carbocycles. The third-order valence-corrected chi connectivity index (χ3v) is 6.60. The Labute approximate surface area is 181 Å². The minimum atomic E-state index is 0.765. The Hall–Kier alpha value is -2.02. The van der Waals surface area contributed by atoms with E-state index in [1.807, 2.05) is 24.3 Å². The largest absolute Gasteiger partial charge is 0.494 e. The van der Waals surface area contributed by atoms with Gasteiger partial charge < -0.3 is 4.74 Å². The number of thiazole rings is 2. The lowest BCUT2D eigenvalue weighted by molar-refractivity contribution is 0.309. The number of ether oxygens (including phenoxy) is 1. The number of unbranched alkanes of at least 4 members (excludes halogenated alkanes) is 1. The van der Waals surface area contributed by atoms with E-state index < -0.39 is 0 Å². The maximum absolute atomic E-state index is 5.73. The van der Waals surface area contributed by atoms with Crippen molar-refractivity contribution < 1.29 is 4.74 Å². The van der Waals surface area contributed by atoms with Crippen LogP contribution in [0.2, 0.25) is 0 Å². The Morgan fingerprint density at radius 3 is 1.89 bits per heavy atom. The number of hydrogen-bond donors (Lipinski definition) is 0. The molecule has 0 aliphatic carbocycles. The number of rotatable bonds is 7. The number of hydrogen-bond acceptors (Lipinski definition) is 5. The number of benzene rings is 2. The molecule has 0 aliphatic heterocycles. The number of nitrogens with zero attached hydrogens (tertiary/aromatic N) is 2. The summed E-state index contributed by atoms with van der Waals surface area (Å²) in [5.74, 6) is 0.909. The van der Waals surface area contributed by atoms with Crippen molar-refractivity contribution in [2.24, 2.45) is 0 Å². The highest BCUT2D eigenvalue weighted by atomic mass is 79.9. The second-order valence-corrected chi connectivity index (χ2v) is 8.94. The molecule has 2 heterocycles. The molecule has 28 heavy (non-hydrogen) atoms. The van der Waals surface area contributed by atoms with Gasteiger partial charge in [-0.25, -0.2) is 9.97 Å². The van der Waals surface area contributed by atoms with Crippen molar-refractivity contribution >= 4 is 38.6 Å². The summed E-state index contributed by atoms with van der Waals surface area (Å²) in [6.07, 6.45) is 2.22. The Balaban J connectivity index is 1.49. The molecule has 0 fully saturated rings. The molecule has 3 nitrogen and oxygen atoms in total. The summed E-state index contributed by atoms with van der Waals surface area (Å²) in [7, 11) is 0. The van der Waals surface area contributed by atoms with E-state index in [2.05, 4.69) is 57.9 Å². The van der Waals surface area contributed by atoms with Crippen molar-refractivity contribution in [1.82, 2.24) is 9.97 Å². The summed E-state index contributed by atoms with van der Waals surface area (Å²) in [6, 6.07) is 16.4. The molecule has 142 valence electrons. The predicted octanol–water partition coefficient (Wildman–Crippen LogP) is 7.54. The average Bonchev–Trinajstić information content (AvgIpc) is 3.39. The van der Waals surface area contributed by atoms with Crippen LogP contribution in [0.5, 0.6) is 5.75 Å². The first-order valence-electron chi connectivity index (χ1n) is 9.13. The van der Waals surface area contributed by atoms with Gasteiger partial charge in [-0.15, -0.1) is 22.7 Å². The quantitative estimate of drug-likeness (QED) is 0.261. The van der Waals surface area contributed by atoms with E-state index in [4.69, 9.17) is 14.7 Å². The standard InChI is InChI=1S/C22H19BrN2OS2/c1-2-3-12-26-18-10-6-16(7-11-18)20-14-28-22(25-20)21-24-19(13-27-21)15-4-8-17(23)9-5-15/h4-11,13-14H,2-3,12H2,1H3. The summed E-state index contributed by atoms with van der Waals surface area (Å²) in [4.78, 5) is 9.57. The second-order valence-electron chi connectivity index (χ2n) is 6.31. The van der Waals surface area contributed by atoms with Crippen LogP contribution < -0.4 is 4.74 Å². The molecule has 0 amide bonds. The van der Waals surface area contributed by atoms with Gasteiger partial charge in [0.2, 0.25) is 0 Å². The first kappa shape index (κ1) is 19.3. The van der Waals surface area contributed by atoms with Gasteiger partial charge in [-0.1, -0.05) is 41.4 Å². The average molecular weight is 471 g/mol. The maximum Gasteiger partial charge on any atom is 0.152 e. The Morgan fingerprint density at radius 1 is 0.821 bits per heavy atom. The minimum Gasteiger partial charge on any atom is -0.494 e. The fraction of sp³-hybridized carbons (Fsp3) is 0.182. The Morgan fingerprint density at radius 2 is 1.36 bits per heavy atom. The van der Waals surface area contributed by atoms with Crippen LogP contribution >= 0.6 is 38.6 Å². The second kappa shape index (κ2) is 8.99. The molecule has 0 bridgehead atoms. The van der Waals surface area contributed by atoms with E-state index in [-0.39, 0.29) is 0 Å². The van der Waals surface area contributed by atoms with Gasteiger partial charge in [0.25, 0.3) is 0 Å². The third kappa shape index (κ3) is 4.51. The van der Waals surface area contributed by atoms with Gasteiger partial charge in [0.1, 0.15) is 5.75 Å². The molecule has 6 heteroatoms. The van der Waals surface area contributed by atoms with Gasteiger partial charge in [0, 0.05) is 26.4 Å². The van der Waals surface area contributed by atoms with Crippen molar-refractivity contribution in [1.29, 1.82) is 0 Å². The van der Waals surface area contributed by atoms with Gasteiger partial charge in [0.05, 0.1) is 18.0 Å². The van der Waals surface area contributed by atoms with E-state index in [0.29, 0.717) is 0 Å². The van der Waals surface area contributed by atoms with E-state index in [9.17, 15) is 0 Å². The lowest BCUT2D eigenvalue weighted by Crippen LogP contribution is -1.95. The number of aromatic nitrogens is 2. The highest BCUT2D eigenvalue weighted by Gasteiger charge is 2.12. The van der Waals surface area contributed by atoms with Crippen molar-refractivity contribution in [3.63, 3.8) is 0 Å². The predicted molar refractivity (Wildman–Crippen MR) is 122 cm³/mol. The van der Waals surface area contributed by atoms with Gasteiger partial charge >= 0.3 is 0 Å². The van der Waals surface area contributed by atoms with Gasteiger partial charge in [-0.2, -0.15) is 0 Å². The van der Waals surface area contributed by atoms with E-state index in [0.717, 1.165) is 62.2 Å². The van der Waals surface area contributed by atoms with Crippen LogP contribution in [-0.2, 0) is 0 Å². The normalized spacial score (nSPS) is 10.9. The van der Waals surface area contributed by atoms with Crippen molar-refractivity contribution in [3.05, 3.63) is 63.8 Å². The highest BCUT2D eigenvalue weighted by Crippen LogP contribution is 2.34. The SMILES string of the molecule is CCCCOc1ccc(-c2csc(-c3nc(-c4ccc(Br)cc4)cs3)n2)cc1. The summed E-state index contributed by atoms with van der Waals surface area (Å²) in [5, 5.41) is 6.07. The Bertz CT molecular complexity index is 1040. The van der Waals surface area contributed by atoms with Crippen molar-refractivity contribution in [2.45, 2.75) is 19.8 Å². The molecule has 0 saturated heterocycles. The van der Waals surface area contributed by atoms with E-state index in [1.165, 1.54) is 0 Å². The molecule has 2 aromatic heterocycles. The first-order chi connectivity index (χ1) is 13.7. The van der Waals surface area contributed by atoms with Crippen LogP contribution in [0.4, 0.5) is 0 Å². The molecule has 0 radical (unpaired) electrons. The molecule has 4 rings (SSSR count). The molecule has 4 aromatic rings. The molecule has 0 atom stereocenters. The zero-order chi connectivity index (χ0) is 19.3. The molecule has 2 aromatic carbocycles. The van der Waals surface area contributed by atoms with Crippen LogP contribution in [0.3, 0.4) is 0 Å². The highest BCUT2D eigenvalue weighted by molar-refractivity contribution is 9.10. The Kier molecular flexibility index (Phi) is 6.20. The molecule has 0 aliphatic rings. The van der Waals surface area contributed by atoms with E-state index in [1.54, 1.807) is 22.7 Å². The third-order valence-electron chi connectivity index (χ3n) is 4.25. The monoisotopic (exact) mass is 470 g/mol. The van der Waals surface area contributed by atoms with Crippen LogP contribution in [0.25, 0.3) is 32.5 Å². The first-order valence-corrected chi connectivity index (χ1v) is 11.7. The van der Waals surface area contributed by atoms with Gasteiger partial charge in [-0.3, -0.25) is 0 Å². The summed E-state index contributed by atoms with van der Waals surface area (Å²) < 4.78 is 6.80. The van der Waals surface area contributed by atoms with Crippen LogP contribution in [0, 0.1) is 0 Å². The lowest BCUT2D eigenvalue weighted by atomic mass is 10.2. The summed E-state index contributed by atoms with van der Waals surface area (Å²) in [6.45, 7) is 2.93. The fourth-order valence-corrected chi connectivity index (χ4v) is 4.66. The van der Waals surface area contributed by atoms with E-state index >= 15 is 0 Å². The molecule has 0 spiro atoms. The number of halogens is 1. The lowest BCUT2D eigenvalue weighted by Gasteiger charge is -2.05. The van der Waals surface area contributed by atoms with Crippen LogP contribution in [0.1, 0.15) is 19.8 Å². The van der Waals surface area contributed by atoms with Crippen molar-refractivity contribution in [3.8, 4) is 38.3 Å². The smallest absolute Gasteiger partial charge is 0.152 e. The van der Waals surface area contributed by atoms with Crippen LogP contribution in [0.15, 0.2) is 63.8 Å². The molecule has 0 N–H and O–H groups in total. The minimum absolute atomic E-state index is 0.765. The molecular weight excluding hydrogens is 452 g/mol. The summed E-state index contributed by atoms with van der Waals surface area (Å²) in [5.41, 5.74) is 4.16. The van der Waals surface area contributed by atoms with Crippen molar-refractivity contribution in [2.75, 3.05) is 6.61 Å². The van der Waals surface area contributed by atoms with Gasteiger partial charge in [0.15, 0.2) is 10.0 Å².